The summed E-state index contributed by atoms with van der Waals surface area (Å²) in [7, 11) is 0. The van der Waals surface area contributed by atoms with Gasteiger partial charge in [-0.3, -0.25) is 4.79 Å². The highest BCUT2D eigenvalue weighted by molar-refractivity contribution is 5.69. The van der Waals surface area contributed by atoms with Crippen molar-refractivity contribution in [1.29, 1.82) is 0 Å². The molecule has 0 aliphatic heterocycles. The molecule has 0 saturated heterocycles. The molecule has 1 aromatic rings. The second kappa shape index (κ2) is 8.61. The van der Waals surface area contributed by atoms with Crippen LogP contribution in [0, 0.1) is 5.82 Å². The zero-order valence-electron chi connectivity index (χ0n) is 11.1. The lowest BCUT2D eigenvalue weighted by Gasteiger charge is -2.12. The van der Waals surface area contributed by atoms with Crippen molar-refractivity contribution >= 4 is 5.97 Å². The van der Waals surface area contributed by atoms with Crippen LogP contribution >= 0.6 is 0 Å². The molecule has 1 aromatic carbocycles. The Morgan fingerprint density at radius 2 is 2.11 bits per heavy atom. The highest BCUT2D eigenvalue weighted by atomic mass is 19.1. The van der Waals surface area contributed by atoms with E-state index in [9.17, 15) is 14.3 Å². The number of aliphatic hydroxyl groups excluding tert-OH is 1. The molecule has 0 aromatic heterocycles. The predicted molar refractivity (Wildman–Crippen MR) is 70.1 cm³/mol. The molecule has 1 atom stereocenters. The van der Waals surface area contributed by atoms with Gasteiger partial charge >= 0.3 is 5.97 Å². The van der Waals surface area contributed by atoms with E-state index in [0.717, 1.165) is 0 Å². The zero-order valence-corrected chi connectivity index (χ0v) is 11.1. The third kappa shape index (κ3) is 6.31. The first-order valence-corrected chi connectivity index (χ1v) is 6.43. The van der Waals surface area contributed by atoms with Crippen molar-refractivity contribution in [2.24, 2.45) is 0 Å². The van der Waals surface area contributed by atoms with E-state index in [4.69, 9.17) is 4.74 Å². The number of nitrogens with one attached hydrogen (secondary N) is 1. The Hall–Kier alpha value is -1.46. The molecule has 0 fully saturated rings. The lowest BCUT2D eigenvalue weighted by molar-refractivity contribution is -0.143. The van der Waals surface area contributed by atoms with Crippen LogP contribution in [0.5, 0.6) is 0 Å². The second-order valence-corrected chi connectivity index (χ2v) is 4.18. The molecule has 106 valence electrons. The van der Waals surface area contributed by atoms with Gasteiger partial charge in [0.2, 0.25) is 0 Å². The summed E-state index contributed by atoms with van der Waals surface area (Å²) >= 11 is 0. The highest BCUT2D eigenvalue weighted by Gasteiger charge is 2.07. The Labute approximate surface area is 112 Å². The van der Waals surface area contributed by atoms with Crippen molar-refractivity contribution < 1.29 is 19.0 Å². The van der Waals surface area contributed by atoms with Crippen molar-refractivity contribution in [2.75, 3.05) is 19.7 Å². The number of rotatable bonds is 8. The van der Waals surface area contributed by atoms with Gasteiger partial charge < -0.3 is 15.2 Å². The van der Waals surface area contributed by atoms with E-state index in [2.05, 4.69) is 5.32 Å². The average molecular weight is 269 g/mol. The number of aliphatic hydroxyl groups is 1. The summed E-state index contributed by atoms with van der Waals surface area (Å²) in [6.45, 7) is 3.16. The van der Waals surface area contributed by atoms with Crippen LogP contribution in [0.25, 0.3) is 0 Å². The topological polar surface area (TPSA) is 58.6 Å². The Morgan fingerprint density at radius 3 is 2.74 bits per heavy atom. The molecular weight excluding hydrogens is 249 g/mol. The van der Waals surface area contributed by atoms with Gasteiger partial charge in [-0.2, -0.15) is 0 Å². The van der Waals surface area contributed by atoms with Crippen molar-refractivity contribution in [3.8, 4) is 0 Å². The number of carbonyl (C=O) groups excluding carboxylic acids is 1. The van der Waals surface area contributed by atoms with Crippen LogP contribution in [-0.4, -0.2) is 30.8 Å². The Kier molecular flexibility index (Phi) is 7.07. The number of hydrogen-bond acceptors (Lipinski definition) is 4. The fourth-order valence-electron chi connectivity index (χ4n) is 1.63. The first-order valence-electron chi connectivity index (χ1n) is 6.43. The summed E-state index contributed by atoms with van der Waals surface area (Å²) in [5, 5.41) is 12.9. The summed E-state index contributed by atoms with van der Waals surface area (Å²) in [6, 6.07) is 5.75. The molecule has 1 unspecified atom stereocenters. The van der Waals surface area contributed by atoms with Gasteiger partial charge in [-0.25, -0.2) is 4.39 Å². The molecule has 0 spiro atoms. The predicted octanol–water partition coefficient (Wildman–Crippen LogP) is 1.79. The van der Waals surface area contributed by atoms with Crippen molar-refractivity contribution in [1.82, 2.24) is 5.32 Å². The quantitative estimate of drug-likeness (QED) is 0.558. The van der Waals surface area contributed by atoms with E-state index < -0.39 is 6.10 Å². The molecule has 0 heterocycles. The smallest absolute Gasteiger partial charge is 0.305 e. The van der Waals surface area contributed by atoms with Gasteiger partial charge in [0.1, 0.15) is 5.82 Å². The molecule has 5 heteroatoms. The number of carbonyl (C=O) groups is 1. The zero-order chi connectivity index (χ0) is 14.1. The number of ether oxygens (including phenoxy) is 1. The first kappa shape index (κ1) is 15.6. The lowest BCUT2D eigenvalue weighted by Crippen LogP contribution is -2.23. The van der Waals surface area contributed by atoms with E-state index in [1.54, 1.807) is 19.1 Å². The Morgan fingerprint density at radius 1 is 1.42 bits per heavy atom. The maximum atomic E-state index is 12.7. The summed E-state index contributed by atoms with van der Waals surface area (Å²) in [4.78, 5) is 11.1. The fourth-order valence-corrected chi connectivity index (χ4v) is 1.63. The molecule has 0 bridgehead atoms. The summed E-state index contributed by atoms with van der Waals surface area (Å²) in [6.07, 6.45) is 0.353. The SMILES string of the molecule is CCOC(=O)CCCNCC(O)c1ccc(F)cc1. The summed E-state index contributed by atoms with van der Waals surface area (Å²) < 4.78 is 17.5. The number of esters is 1. The molecule has 0 radical (unpaired) electrons. The maximum absolute atomic E-state index is 12.7. The van der Waals surface area contributed by atoms with Gasteiger partial charge in [-0.15, -0.1) is 0 Å². The van der Waals surface area contributed by atoms with Crippen LogP contribution in [0.4, 0.5) is 4.39 Å². The molecule has 0 aliphatic carbocycles. The minimum atomic E-state index is -0.678. The molecule has 2 N–H and O–H groups in total. The van der Waals surface area contributed by atoms with Crippen molar-refractivity contribution in [3.05, 3.63) is 35.6 Å². The van der Waals surface area contributed by atoms with Gasteiger partial charge in [0.25, 0.3) is 0 Å². The van der Waals surface area contributed by atoms with Crippen LogP contribution in [0.1, 0.15) is 31.4 Å². The Bertz CT molecular complexity index is 381. The monoisotopic (exact) mass is 269 g/mol. The van der Waals surface area contributed by atoms with Crippen LogP contribution in [0.2, 0.25) is 0 Å². The number of hydrogen-bond donors (Lipinski definition) is 2. The maximum Gasteiger partial charge on any atom is 0.305 e. The normalized spacial score (nSPS) is 12.2. The van der Waals surface area contributed by atoms with Crippen molar-refractivity contribution in [2.45, 2.75) is 25.9 Å². The molecule has 0 saturated carbocycles. The van der Waals surface area contributed by atoms with E-state index in [1.807, 2.05) is 0 Å². The highest BCUT2D eigenvalue weighted by Crippen LogP contribution is 2.12. The second-order valence-electron chi connectivity index (χ2n) is 4.18. The van der Waals surface area contributed by atoms with Crippen molar-refractivity contribution in [3.63, 3.8) is 0 Å². The van der Waals surface area contributed by atoms with Crippen LogP contribution in [0.15, 0.2) is 24.3 Å². The third-order valence-electron chi connectivity index (χ3n) is 2.63. The van der Waals surface area contributed by atoms with Crippen LogP contribution < -0.4 is 5.32 Å². The standard InChI is InChI=1S/C14H20FNO3/c1-2-19-14(18)4-3-9-16-10-13(17)11-5-7-12(15)8-6-11/h5-8,13,16-17H,2-4,9-10H2,1H3. The van der Waals surface area contributed by atoms with Gasteiger partial charge in [0, 0.05) is 13.0 Å². The summed E-state index contributed by atoms with van der Waals surface area (Å²) in [5.41, 5.74) is 0.666. The van der Waals surface area contributed by atoms with Gasteiger partial charge in [-0.1, -0.05) is 12.1 Å². The molecule has 0 amide bonds. The molecule has 19 heavy (non-hydrogen) atoms. The Balaban J connectivity index is 2.15. The molecule has 1 rings (SSSR count). The van der Waals surface area contributed by atoms with E-state index in [-0.39, 0.29) is 11.8 Å². The lowest BCUT2D eigenvalue weighted by atomic mass is 10.1. The minimum Gasteiger partial charge on any atom is -0.466 e. The third-order valence-corrected chi connectivity index (χ3v) is 2.63. The van der Waals surface area contributed by atoms with Gasteiger partial charge in [0.05, 0.1) is 12.7 Å². The minimum absolute atomic E-state index is 0.205. The molecule has 4 nitrogen and oxygen atoms in total. The van der Waals surface area contributed by atoms with Crippen LogP contribution in [0.3, 0.4) is 0 Å². The summed E-state index contributed by atoms with van der Waals surface area (Å²) in [5.74, 6) is -0.526. The first-order chi connectivity index (χ1) is 9.13. The van der Waals surface area contributed by atoms with E-state index >= 15 is 0 Å². The average Bonchev–Trinajstić information content (AvgIpc) is 2.39. The van der Waals surface area contributed by atoms with Gasteiger partial charge in [-0.05, 0) is 37.6 Å². The number of benzene rings is 1. The van der Waals surface area contributed by atoms with E-state index in [0.29, 0.717) is 38.1 Å². The van der Waals surface area contributed by atoms with Gasteiger partial charge in [0.15, 0.2) is 0 Å². The van der Waals surface area contributed by atoms with Crippen LogP contribution in [-0.2, 0) is 9.53 Å². The number of halogens is 1. The largest absolute Gasteiger partial charge is 0.466 e. The molecule has 0 aliphatic rings. The fraction of sp³-hybridized carbons (Fsp3) is 0.500. The molecular formula is C14H20FNO3. The van der Waals surface area contributed by atoms with E-state index in [1.165, 1.54) is 12.1 Å².